The highest BCUT2D eigenvalue weighted by Crippen LogP contribution is 2.49. The van der Waals surface area contributed by atoms with Crippen LogP contribution in [0.25, 0.3) is 0 Å². The molecule has 2 unspecified atom stereocenters. The van der Waals surface area contributed by atoms with E-state index in [9.17, 15) is 20.1 Å². The molecule has 2 heterocycles. The van der Waals surface area contributed by atoms with Crippen molar-refractivity contribution in [3.05, 3.63) is 12.2 Å². The van der Waals surface area contributed by atoms with Crippen LogP contribution in [-0.4, -0.2) is 56.5 Å². The number of carboxylic acid groups (broad SMARTS) is 1. The fourth-order valence-corrected chi connectivity index (χ4v) is 6.90. The Labute approximate surface area is 175 Å². The summed E-state index contributed by atoms with van der Waals surface area (Å²) in [6.07, 6.45) is 17.5. The van der Waals surface area contributed by atoms with Crippen molar-refractivity contribution in [3.8, 4) is 0 Å². The number of aliphatic hydroxyl groups excluding tert-OH is 2. The predicted molar refractivity (Wildman–Crippen MR) is 112 cm³/mol. The first-order valence-corrected chi connectivity index (χ1v) is 12.1. The fourth-order valence-electron chi connectivity index (χ4n) is 6.90. The highest BCUT2D eigenvalue weighted by atomic mass is 16.4. The third-order valence-electron chi connectivity index (χ3n) is 8.32. The first-order chi connectivity index (χ1) is 14.0. The van der Waals surface area contributed by atoms with Crippen molar-refractivity contribution in [1.29, 1.82) is 0 Å². The molecule has 0 amide bonds. The minimum absolute atomic E-state index is 0.0491. The molecule has 3 N–H and O–H groups in total. The lowest BCUT2D eigenvalue weighted by molar-refractivity contribution is -0.146. The number of carboxylic acids is 1. The maximum Gasteiger partial charge on any atom is 0.320 e. The average Bonchev–Trinajstić information content (AvgIpc) is 3.21. The van der Waals surface area contributed by atoms with Gasteiger partial charge in [-0.25, -0.2) is 0 Å². The van der Waals surface area contributed by atoms with Crippen molar-refractivity contribution in [1.82, 2.24) is 4.90 Å². The molecule has 4 rings (SSSR count). The molecule has 0 aromatic heterocycles. The highest BCUT2D eigenvalue weighted by molar-refractivity contribution is 5.73. The van der Waals surface area contributed by atoms with Gasteiger partial charge in [0, 0.05) is 18.0 Å². The molecular weight excluding hydrogens is 366 g/mol. The second-order valence-electron chi connectivity index (χ2n) is 10.1. The van der Waals surface area contributed by atoms with Crippen LogP contribution in [0.15, 0.2) is 12.2 Å². The van der Waals surface area contributed by atoms with Gasteiger partial charge in [-0.2, -0.15) is 0 Å². The fraction of sp³-hybridized carbons (Fsp3) is 0.875. The number of piperidine rings is 1. The van der Waals surface area contributed by atoms with Gasteiger partial charge in [0.2, 0.25) is 0 Å². The second kappa shape index (κ2) is 9.49. The van der Waals surface area contributed by atoms with E-state index in [0.29, 0.717) is 18.4 Å². The lowest BCUT2D eigenvalue weighted by Gasteiger charge is -2.38. The van der Waals surface area contributed by atoms with Gasteiger partial charge >= 0.3 is 5.97 Å². The van der Waals surface area contributed by atoms with Crippen molar-refractivity contribution in [2.45, 2.75) is 114 Å². The number of hydrogen-bond donors (Lipinski definition) is 3. The Bertz CT molecular complexity index is 587. The Balaban J connectivity index is 1.30. The summed E-state index contributed by atoms with van der Waals surface area (Å²) in [6, 6.07) is 0.141. The highest BCUT2D eigenvalue weighted by Gasteiger charge is 2.54. The summed E-state index contributed by atoms with van der Waals surface area (Å²) < 4.78 is 0. The molecule has 0 aromatic rings. The molecule has 0 radical (unpaired) electrons. The van der Waals surface area contributed by atoms with E-state index >= 15 is 0 Å². The Morgan fingerprint density at radius 1 is 1.07 bits per heavy atom. The van der Waals surface area contributed by atoms with E-state index in [1.807, 2.05) is 6.08 Å². The summed E-state index contributed by atoms with van der Waals surface area (Å²) in [5, 5.41) is 30.7. The molecule has 29 heavy (non-hydrogen) atoms. The molecule has 5 heteroatoms. The molecule has 164 valence electrons. The van der Waals surface area contributed by atoms with Crippen LogP contribution in [0.3, 0.4) is 0 Å². The van der Waals surface area contributed by atoms with Crippen LogP contribution in [0.2, 0.25) is 0 Å². The van der Waals surface area contributed by atoms with Gasteiger partial charge in [0.15, 0.2) is 0 Å². The normalized spacial score (nSPS) is 39.5. The number of carbonyl (C=O) groups is 1. The molecule has 0 spiro atoms. The van der Waals surface area contributed by atoms with E-state index in [0.717, 1.165) is 44.4 Å². The van der Waals surface area contributed by atoms with Crippen LogP contribution in [0.1, 0.15) is 83.5 Å². The summed E-state index contributed by atoms with van der Waals surface area (Å²) in [6.45, 7) is 0. The van der Waals surface area contributed by atoms with Gasteiger partial charge in [-0.3, -0.25) is 9.69 Å². The molecule has 2 saturated carbocycles. The monoisotopic (exact) mass is 405 g/mol. The maximum atomic E-state index is 11.7. The van der Waals surface area contributed by atoms with E-state index in [1.165, 1.54) is 38.5 Å². The number of nitrogens with zero attached hydrogens (tertiary/aromatic N) is 1. The first kappa shape index (κ1) is 21.3. The predicted octanol–water partition coefficient (Wildman–Crippen LogP) is 3.73. The number of rotatable bonds is 7. The van der Waals surface area contributed by atoms with Crippen LogP contribution in [-0.2, 0) is 4.79 Å². The first-order valence-electron chi connectivity index (χ1n) is 12.1. The third kappa shape index (κ3) is 4.72. The molecule has 2 saturated heterocycles. The minimum Gasteiger partial charge on any atom is -0.480 e. The van der Waals surface area contributed by atoms with Crippen molar-refractivity contribution in [2.24, 2.45) is 17.8 Å². The van der Waals surface area contributed by atoms with Crippen molar-refractivity contribution >= 4 is 5.97 Å². The summed E-state index contributed by atoms with van der Waals surface area (Å²) in [4.78, 5) is 13.9. The summed E-state index contributed by atoms with van der Waals surface area (Å²) in [5.41, 5.74) is 0. The molecule has 0 aromatic carbocycles. The van der Waals surface area contributed by atoms with Gasteiger partial charge in [-0.05, 0) is 50.4 Å². The molecular formula is C24H39NO4. The SMILES string of the molecule is O=C(O)C1CCCC2C[C@@H]3[C@@H](/C=C/[C@H](O)CCCC4CCCCC4)[C@H](O)C[C@H]3N21. The molecule has 4 fully saturated rings. The van der Waals surface area contributed by atoms with Gasteiger partial charge in [0.25, 0.3) is 0 Å². The summed E-state index contributed by atoms with van der Waals surface area (Å²) in [5.74, 6) is 0.515. The van der Waals surface area contributed by atoms with Gasteiger partial charge in [0.05, 0.1) is 12.2 Å². The Hall–Kier alpha value is -0.910. The number of aliphatic hydroxyl groups is 2. The van der Waals surface area contributed by atoms with E-state index in [2.05, 4.69) is 11.0 Å². The molecule has 4 aliphatic rings. The number of hydrogen-bond acceptors (Lipinski definition) is 4. The zero-order valence-corrected chi connectivity index (χ0v) is 17.7. The van der Waals surface area contributed by atoms with Crippen LogP contribution < -0.4 is 0 Å². The Morgan fingerprint density at radius 3 is 2.62 bits per heavy atom. The number of aliphatic carboxylic acids is 1. The second-order valence-corrected chi connectivity index (χ2v) is 10.1. The van der Waals surface area contributed by atoms with Crippen molar-refractivity contribution in [3.63, 3.8) is 0 Å². The molecule has 5 nitrogen and oxygen atoms in total. The largest absolute Gasteiger partial charge is 0.480 e. The van der Waals surface area contributed by atoms with Crippen LogP contribution in [0.4, 0.5) is 0 Å². The topological polar surface area (TPSA) is 81.0 Å². The van der Waals surface area contributed by atoms with Crippen molar-refractivity contribution < 1.29 is 20.1 Å². The lowest BCUT2D eigenvalue weighted by Crippen LogP contribution is -2.51. The zero-order chi connectivity index (χ0) is 20.4. The van der Waals surface area contributed by atoms with Gasteiger partial charge in [-0.1, -0.05) is 57.1 Å². The standard InChI is InChI=1S/C24H39NO4/c26-18(10-4-8-16-6-2-1-3-7-16)12-13-19-20-14-17-9-5-11-21(24(28)29)25(17)22(20)15-23(19)27/h12-13,16-23,26-27H,1-11,14-15H2,(H,28,29)/b13-12+/t17?,18-,19-,20-,21?,22-,23-/m1/s1. The lowest BCUT2D eigenvalue weighted by atomic mass is 9.85. The van der Waals surface area contributed by atoms with Crippen LogP contribution in [0.5, 0.6) is 0 Å². The van der Waals surface area contributed by atoms with E-state index in [4.69, 9.17) is 0 Å². The van der Waals surface area contributed by atoms with Crippen molar-refractivity contribution in [2.75, 3.05) is 0 Å². The van der Waals surface area contributed by atoms with Gasteiger partial charge in [-0.15, -0.1) is 0 Å². The number of fused-ring (bicyclic) bond motifs is 3. The third-order valence-corrected chi connectivity index (χ3v) is 8.32. The maximum absolute atomic E-state index is 11.7. The molecule has 7 atom stereocenters. The molecule has 0 bridgehead atoms. The van der Waals surface area contributed by atoms with Crippen LogP contribution in [0, 0.1) is 17.8 Å². The quantitative estimate of drug-likeness (QED) is 0.562. The summed E-state index contributed by atoms with van der Waals surface area (Å²) >= 11 is 0. The Morgan fingerprint density at radius 2 is 1.86 bits per heavy atom. The zero-order valence-electron chi connectivity index (χ0n) is 17.7. The summed E-state index contributed by atoms with van der Waals surface area (Å²) in [7, 11) is 0. The Kier molecular flexibility index (Phi) is 6.98. The van der Waals surface area contributed by atoms with Gasteiger partial charge in [0.1, 0.15) is 6.04 Å². The molecule has 2 aliphatic heterocycles. The smallest absolute Gasteiger partial charge is 0.320 e. The van der Waals surface area contributed by atoms with Crippen LogP contribution >= 0.6 is 0 Å². The molecule has 2 aliphatic carbocycles. The van der Waals surface area contributed by atoms with Gasteiger partial charge < -0.3 is 15.3 Å². The average molecular weight is 406 g/mol. The van der Waals surface area contributed by atoms with E-state index in [1.54, 1.807) is 0 Å². The van der Waals surface area contributed by atoms with E-state index in [-0.39, 0.29) is 18.0 Å². The van der Waals surface area contributed by atoms with E-state index < -0.39 is 18.2 Å². The minimum atomic E-state index is -0.711.